The van der Waals surface area contributed by atoms with Gasteiger partial charge in [-0.3, -0.25) is 0 Å². The summed E-state index contributed by atoms with van der Waals surface area (Å²) in [6.07, 6.45) is -4.49. The highest BCUT2D eigenvalue weighted by Gasteiger charge is 2.31. The van der Waals surface area contributed by atoms with Gasteiger partial charge >= 0.3 is 6.18 Å². The van der Waals surface area contributed by atoms with Crippen LogP contribution in [0.15, 0.2) is 42.5 Å². The molecule has 0 aliphatic heterocycles. The molecular weight excluding hydrogens is 257 g/mol. The molecule has 0 bridgehead atoms. The van der Waals surface area contributed by atoms with Crippen molar-refractivity contribution < 1.29 is 23.0 Å². The normalized spacial score (nSPS) is 11.4. The molecule has 0 amide bonds. The summed E-state index contributed by atoms with van der Waals surface area (Å²) in [7, 11) is 0. The molecule has 0 heterocycles. The lowest BCUT2D eigenvalue weighted by Gasteiger charge is -2.11. The molecule has 2 nitrogen and oxygen atoms in total. The van der Waals surface area contributed by atoms with Crippen molar-refractivity contribution in [3.8, 4) is 17.2 Å². The van der Waals surface area contributed by atoms with Gasteiger partial charge < -0.3 is 9.84 Å². The maximum atomic E-state index is 12.4. The second-order valence-electron chi connectivity index (χ2n) is 4.10. The minimum Gasteiger partial charge on any atom is -0.504 e. The molecule has 0 saturated heterocycles. The number of benzene rings is 2. The smallest absolute Gasteiger partial charge is 0.416 e. The van der Waals surface area contributed by atoms with Crippen LogP contribution in [0, 0.1) is 6.92 Å². The van der Waals surface area contributed by atoms with Crippen molar-refractivity contribution in [2.24, 2.45) is 0 Å². The van der Waals surface area contributed by atoms with Crippen LogP contribution in [0.5, 0.6) is 17.2 Å². The molecule has 0 aromatic heterocycles. The van der Waals surface area contributed by atoms with Crippen molar-refractivity contribution in [1.29, 1.82) is 0 Å². The van der Waals surface area contributed by atoms with Gasteiger partial charge in [-0.15, -0.1) is 0 Å². The number of alkyl halides is 3. The monoisotopic (exact) mass is 268 g/mol. The Morgan fingerprint density at radius 1 is 1.00 bits per heavy atom. The highest BCUT2D eigenvalue weighted by Crippen LogP contribution is 2.37. The minimum atomic E-state index is -4.49. The van der Waals surface area contributed by atoms with Gasteiger partial charge in [0.2, 0.25) is 0 Å². The van der Waals surface area contributed by atoms with Crippen LogP contribution in [0.4, 0.5) is 13.2 Å². The van der Waals surface area contributed by atoms with E-state index in [1.54, 1.807) is 24.3 Å². The number of ether oxygens (including phenoxy) is 1. The molecule has 2 aromatic rings. The standard InChI is InChI=1S/C14H11F3O2/c1-9-2-5-11(6-3-9)19-13-7-4-10(8-12(13)18)14(15,16)17/h2-8,18H,1H3. The topological polar surface area (TPSA) is 29.5 Å². The van der Waals surface area contributed by atoms with Gasteiger partial charge in [-0.1, -0.05) is 17.7 Å². The molecular formula is C14H11F3O2. The maximum Gasteiger partial charge on any atom is 0.416 e. The first-order valence-corrected chi connectivity index (χ1v) is 5.51. The number of aryl methyl sites for hydroxylation is 1. The Bertz CT molecular complexity index is 574. The molecule has 0 atom stereocenters. The van der Waals surface area contributed by atoms with E-state index in [-0.39, 0.29) is 5.75 Å². The summed E-state index contributed by atoms with van der Waals surface area (Å²) >= 11 is 0. The molecule has 1 N–H and O–H groups in total. The molecule has 0 unspecified atom stereocenters. The number of hydrogen-bond donors (Lipinski definition) is 1. The third-order valence-corrected chi connectivity index (χ3v) is 2.54. The molecule has 19 heavy (non-hydrogen) atoms. The van der Waals surface area contributed by atoms with Gasteiger partial charge in [0.15, 0.2) is 11.5 Å². The molecule has 0 spiro atoms. The summed E-state index contributed by atoms with van der Waals surface area (Å²) in [6.45, 7) is 1.90. The Labute approximate surface area is 108 Å². The van der Waals surface area contributed by atoms with Crippen molar-refractivity contribution in [3.63, 3.8) is 0 Å². The van der Waals surface area contributed by atoms with Crippen molar-refractivity contribution in [2.45, 2.75) is 13.1 Å². The Morgan fingerprint density at radius 2 is 1.63 bits per heavy atom. The zero-order chi connectivity index (χ0) is 14.0. The molecule has 0 saturated carbocycles. The van der Waals surface area contributed by atoms with Crippen molar-refractivity contribution in [3.05, 3.63) is 53.6 Å². The molecule has 2 aromatic carbocycles. The van der Waals surface area contributed by atoms with Gasteiger partial charge in [-0.25, -0.2) is 0 Å². The third-order valence-electron chi connectivity index (χ3n) is 2.54. The van der Waals surface area contributed by atoms with Crippen LogP contribution >= 0.6 is 0 Å². The third kappa shape index (κ3) is 3.19. The molecule has 2 rings (SSSR count). The van der Waals surface area contributed by atoms with E-state index in [4.69, 9.17) is 4.74 Å². The summed E-state index contributed by atoms with van der Waals surface area (Å²) in [5, 5.41) is 9.55. The molecule has 100 valence electrons. The number of halogens is 3. The number of phenols is 1. The Balaban J connectivity index is 2.24. The lowest BCUT2D eigenvalue weighted by Crippen LogP contribution is -2.04. The first kappa shape index (κ1) is 13.3. The van der Waals surface area contributed by atoms with Gasteiger partial charge in [-0.05, 0) is 37.3 Å². The van der Waals surface area contributed by atoms with Crippen LogP contribution in [0.2, 0.25) is 0 Å². The fourth-order valence-corrected chi connectivity index (χ4v) is 1.51. The summed E-state index contributed by atoms with van der Waals surface area (Å²) in [4.78, 5) is 0. The predicted molar refractivity (Wildman–Crippen MR) is 64.4 cm³/mol. The van der Waals surface area contributed by atoms with Crippen molar-refractivity contribution in [1.82, 2.24) is 0 Å². The molecule has 5 heteroatoms. The number of phenolic OH excluding ortho intramolecular Hbond substituents is 1. The number of rotatable bonds is 2. The Kier molecular flexibility index (Phi) is 3.38. The van der Waals surface area contributed by atoms with Gasteiger partial charge in [-0.2, -0.15) is 13.2 Å². The zero-order valence-corrected chi connectivity index (χ0v) is 10.0. The van der Waals surface area contributed by atoms with Gasteiger partial charge in [0.05, 0.1) is 5.56 Å². The summed E-state index contributed by atoms with van der Waals surface area (Å²) < 4.78 is 42.6. The van der Waals surface area contributed by atoms with Gasteiger partial charge in [0, 0.05) is 0 Å². The maximum absolute atomic E-state index is 12.4. The van der Waals surface area contributed by atoms with E-state index in [9.17, 15) is 18.3 Å². The molecule has 0 aliphatic rings. The van der Waals surface area contributed by atoms with E-state index >= 15 is 0 Å². The van der Waals surface area contributed by atoms with Crippen LogP contribution in [0.1, 0.15) is 11.1 Å². The van der Waals surface area contributed by atoms with Crippen LogP contribution < -0.4 is 4.74 Å². The highest BCUT2D eigenvalue weighted by molar-refractivity contribution is 5.45. The second kappa shape index (κ2) is 4.84. The second-order valence-corrected chi connectivity index (χ2v) is 4.10. The molecule has 0 aliphatic carbocycles. The Hall–Kier alpha value is -2.17. The predicted octanol–water partition coefficient (Wildman–Crippen LogP) is 4.51. The number of hydrogen-bond acceptors (Lipinski definition) is 2. The zero-order valence-electron chi connectivity index (χ0n) is 10.0. The Morgan fingerprint density at radius 3 is 2.16 bits per heavy atom. The lowest BCUT2D eigenvalue weighted by atomic mass is 10.2. The molecule has 0 fully saturated rings. The van der Waals surface area contributed by atoms with Gasteiger partial charge in [0.25, 0.3) is 0 Å². The fourth-order valence-electron chi connectivity index (χ4n) is 1.51. The first-order chi connectivity index (χ1) is 8.86. The van der Waals surface area contributed by atoms with E-state index in [2.05, 4.69) is 0 Å². The SMILES string of the molecule is Cc1ccc(Oc2ccc(C(F)(F)F)cc2O)cc1. The lowest BCUT2D eigenvalue weighted by molar-refractivity contribution is -0.137. The van der Waals surface area contributed by atoms with E-state index < -0.39 is 17.5 Å². The largest absolute Gasteiger partial charge is 0.504 e. The highest BCUT2D eigenvalue weighted by atomic mass is 19.4. The summed E-state index contributed by atoms with van der Waals surface area (Å²) in [5.74, 6) is -0.118. The van der Waals surface area contributed by atoms with Crippen LogP contribution in [0.25, 0.3) is 0 Å². The van der Waals surface area contributed by atoms with Crippen molar-refractivity contribution >= 4 is 0 Å². The number of aromatic hydroxyl groups is 1. The fraction of sp³-hybridized carbons (Fsp3) is 0.143. The van der Waals surface area contributed by atoms with E-state index in [0.717, 1.165) is 17.7 Å². The van der Waals surface area contributed by atoms with Gasteiger partial charge in [0.1, 0.15) is 5.75 Å². The van der Waals surface area contributed by atoms with Crippen LogP contribution in [0.3, 0.4) is 0 Å². The van der Waals surface area contributed by atoms with Crippen molar-refractivity contribution in [2.75, 3.05) is 0 Å². The quantitative estimate of drug-likeness (QED) is 0.868. The van der Waals surface area contributed by atoms with E-state index in [0.29, 0.717) is 11.8 Å². The average Bonchev–Trinajstić information content (AvgIpc) is 2.33. The molecule has 0 radical (unpaired) electrons. The van der Waals surface area contributed by atoms with E-state index in [1.807, 2.05) is 6.92 Å². The first-order valence-electron chi connectivity index (χ1n) is 5.51. The van der Waals surface area contributed by atoms with Crippen LogP contribution in [-0.4, -0.2) is 5.11 Å². The summed E-state index contributed by atoms with van der Waals surface area (Å²) in [6, 6.07) is 9.55. The summed E-state index contributed by atoms with van der Waals surface area (Å²) in [5.41, 5.74) is 0.116. The van der Waals surface area contributed by atoms with E-state index in [1.165, 1.54) is 0 Å². The average molecular weight is 268 g/mol. The minimum absolute atomic E-state index is 0.0168. The van der Waals surface area contributed by atoms with Crippen LogP contribution in [-0.2, 0) is 6.18 Å².